The Kier molecular flexibility index (Phi) is 4.94. The second-order valence-electron chi connectivity index (χ2n) is 5.14. The zero-order valence-electron chi connectivity index (χ0n) is 11.8. The van der Waals surface area contributed by atoms with Gasteiger partial charge in [0.1, 0.15) is 5.75 Å². The van der Waals surface area contributed by atoms with Gasteiger partial charge in [-0.3, -0.25) is 0 Å². The van der Waals surface area contributed by atoms with Gasteiger partial charge in [0.25, 0.3) is 0 Å². The lowest BCUT2D eigenvalue weighted by molar-refractivity contribution is -0.0338. The number of hydrogen-bond donors (Lipinski definition) is 1. The standard InChI is InChI=1S/C15H22ClNO2/c1-4-18-15-6-5-12(16)9-14(15)17-13-7-10(2)19-11(3)8-13/h5-6,9-11,13,17H,4,7-8H2,1-3H3. The number of ether oxygens (including phenoxy) is 2. The van der Waals surface area contributed by atoms with Gasteiger partial charge >= 0.3 is 0 Å². The molecule has 0 amide bonds. The highest BCUT2D eigenvalue weighted by Gasteiger charge is 2.24. The second kappa shape index (κ2) is 6.49. The van der Waals surface area contributed by atoms with Crippen LogP contribution in [0.1, 0.15) is 33.6 Å². The van der Waals surface area contributed by atoms with E-state index in [0.29, 0.717) is 12.6 Å². The van der Waals surface area contributed by atoms with Gasteiger partial charge in [0.2, 0.25) is 0 Å². The van der Waals surface area contributed by atoms with E-state index in [1.165, 1.54) is 0 Å². The van der Waals surface area contributed by atoms with E-state index in [4.69, 9.17) is 21.1 Å². The average molecular weight is 284 g/mol. The second-order valence-corrected chi connectivity index (χ2v) is 5.58. The Balaban J connectivity index is 2.10. The highest BCUT2D eigenvalue weighted by atomic mass is 35.5. The van der Waals surface area contributed by atoms with Gasteiger partial charge in [-0.25, -0.2) is 0 Å². The van der Waals surface area contributed by atoms with E-state index in [0.717, 1.165) is 29.3 Å². The molecule has 1 aromatic carbocycles. The summed E-state index contributed by atoms with van der Waals surface area (Å²) in [5, 5.41) is 4.27. The fourth-order valence-electron chi connectivity index (χ4n) is 2.64. The molecular weight excluding hydrogens is 262 g/mol. The predicted molar refractivity (Wildman–Crippen MR) is 79.3 cm³/mol. The Hall–Kier alpha value is -0.930. The van der Waals surface area contributed by atoms with Crippen LogP contribution in [0.2, 0.25) is 5.02 Å². The van der Waals surface area contributed by atoms with Crippen LogP contribution >= 0.6 is 11.6 Å². The van der Waals surface area contributed by atoms with E-state index >= 15 is 0 Å². The molecule has 2 atom stereocenters. The summed E-state index contributed by atoms with van der Waals surface area (Å²) in [5.41, 5.74) is 0.973. The first-order valence-electron chi connectivity index (χ1n) is 6.92. The van der Waals surface area contributed by atoms with Crippen molar-refractivity contribution in [1.82, 2.24) is 0 Å². The van der Waals surface area contributed by atoms with Crippen LogP contribution in [0.5, 0.6) is 5.75 Å². The van der Waals surface area contributed by atoms with Gasteiger partial charge in [-0.15, -0.1) is 0 Å². The molecule has 0 radical (unpaired) electrons. The van der Waals surface area contributed by atoms with Crippen LogP contribution in [0, 0.1) is 0 Å². The maximum Gasteiger partial charge on any atom is 0.142 e. The summed E-state index contributed by atoms with van der Waals surface area (Å²) in [7, 11) is 0. The molecule has 1 aliphatic heterocycles. The van der Waals surface area contributed by atoms with Crippen LogP contribution in [-0.4, -0.2) is 24.9 Å². The third-order valence-electron chi connectivity index (χ3n) is 3.30. The summed E-state index contributed by atoms with van der Waals surface area (Å²) in [6, 6.07) is 6.10. The van der Waals surface area contributed by atoms with Gasteiger partial charge in [0.15, 0.2) is 0 Å². The molecular formula is C15H22ClNO2. The largest absolute Gasteiger partial charge is 0.492 e. The van der Waals surface area contributed by atoms with Gasteiger partial charge in [-0.1, -0.05) is 11.6 Å². The number of anilines is 1. The van der Waals surface area contributed by atoms with Crippen molar-refractivity contribution in [1.29, 1.82) is 0 Å². The fourth-order valence-corrected chi connectivity index (χ4v) is 2.81. The Labute approximate surface area is 120 Å². The summed E-state index contributed by atoms with van der Waals surface area (Å²) < 4.78 is 11.4. The molecule has 4 heteroatoms. The normalized spacial score (nSPS) is 27.1. The molecule has 0 bridgehead atoms. The molecule has 0 aliphatic carbocycles. The topological polar surface area (TPSA) is 30.5 Å². The molecule has 1 heterocycles. The SMILES string of the molecule is CCOc1ccc(Cl)cc1NC1CC(C)OC(C)C1. The van der Waals surface area contributed by atoms with Gasteiger partial charge in [0.05, 0.1) is 24.5 Å². The van der Waals surface area contributed by atoms with E-state index in [2.05, 4.69) is 19.2 Å². The molecule has 0 saturated carbocycles. The molecule has 1 aromatic rings. The number of nitrogens with one attached hydrogen (secondary N) is 1. The van der Waals surface area contributed by atoms with Crippen molar-refractivity contribution in [3.05, 3.63) is 23.2 Å². The van der Waals surface area contributed by atoms with Crippen molar-refractivity contribution in [2.45, 2.75) is 51.9 Å². The summed E-state index contributed by atoms with van der Waals surface area (Å²) in [4.78, 5) is 0. The molecule has 2 unspecified atom stereocenters. The number of halogens is 1. The van der Waals surface area contributed by atoms with Gasteiger partial charge in [-0.2, -0.15) is 0 Å². The quantitative estimate of drug-likeness (QED) is 0.902. The van der Waals surface area contributed by atoms with Crippen LogP contribution in [0.25, 0.3) is 0 Å². The van der Waals surface area contributed by atoms with Crippen LogP contribution in [-0.2, 0) is 4.74 Å². The molecule has 1 N–H and O–H groups in total. The molecule has 1 aliphatic rings. The number of rotatable bonds is 4. The maximum atomic E-state index is 6.07. The first-order chi connectivity index (χ1) is 9.08. The third-order valence-corrected chi connectivity index (χ3v) is 3.53. The summed E-state index contributed by atoms with van der Waals surface area (Å²) >= 11 is 6.07. The van der Waals surface area contributed by atoms with Crippen molar-refractivity contribution in [2.75, 3.05) is 11.9 Å². The lowest BCUT2D eigenvalue weighted by Gasteiger charge is -2.33. The summed E-state index contributed by atoms with van der Waals surface area (Å²) in [6.07, 6.45) is 2.58. The van der Waals surface area contributed by atoms with Crippen molar-refractivity contribution in [2.24, 2.45) is 0 Å². The minimum Gasteiger partial charge on any atom is -0.492 e. The fraction of sp³-hybridized carbons (Fsp3) is 0.600. The molecule has 1 saturated heterocycles. The van der Waals surface area contributed by atoms with E-state index in [-0.39, 0.29) is 12.2 Å². The first kappa shape index (κ1) is 14.5. The zero-order chi connectivity index (χ0) is 13.8. The zero-order valence-corrected chi connectivity index (χ0v) is 12.5. The van der Waals surface area contributed by atoms with E-state index in [9.17, 15) is 0 Å². The van der Waals surface area contributed by atoms with Crippen molar-refractivity contribution in [3.63, 3.8) is 0 Å². The maximum absolute atomic E-state index is 6.07. The van der Waals surface area contributed by atoms with E-state index in [1.807, 2.05) is 25.1 Å². The lowest BCUT2D eigenvalue weighted by Crippen LogP contribution is -2.36. The predicted octanol–water partition coefficient (Wildman–Crippen LogP) is 4.11. The molecule has 1 fully saturated rings. The Bertz CT molecular complexity index is 415. The molecule has 3 nitrogen and oxygen atoms in total. The summed E-state index contributed by atoms with van der Waals surface area (Å²) in [6.45, 7) is 6.87. The third kappa shape index (κ3) is 4.02. The van der Waals surface area contributed by atoms with Crippen LogP contribution in [0.3, 0.4) is 0 Å². The van der Waals surface area contributed by atoms with Crippen molar-refractivity contribution >= 4 is 17.3 Å². The minimum atomic E-state index is 0.288. The number of benzene rings is 1. The smallest absolute Gasteiger partial charge is 0.142 e. The van der Waals surface area contributed by atoms with Gasteiger partial charge in [-0.05, 0) is 51.8 Å². The van der Waals surface area contributed by atoms with Gasteiger partial charge < -0.3 is 14.8 Å². The van der Waals surface area contributed by atoms with Crippen LogP contribution in [0.15, 0.2) is 18.2 Å². The Morgan fingerprint density at radius 2 is 2.00 bits per heavy atom. The average Bonchev–Trinajstić information content (AvgIpc) is 2.31. The molecule has 19 heavy (non-hydrogen) atoms. The van der Waals surface area contributed by atoms with Crippen molar-refractivity contribution in [3.8, 4) is 5.75 Å². The highest BCUT2D eigenvalue weighted by molar-refractivity contribution is 6.30. The molecule has 2 rings (SSSR count). The monoisotopic (exact) mass is 283 g/mol. The molecule has 0 spiro atoms. The Morgan fingerprint density at radius 3 is 2.63 bits per heavy atom. The van der Waals surface area contributed by atoms with E-state index < -0.39 is 0 Å². The lowest BCUT2D eigenvalue weighted by atomic mass is 9.99. The highest BCUT2D eigenvalue weighted by Crippen LogP contribution is 2.31. The Morgan fingerprint density at radius 1 is 1.32 bits per heavy atom. The van der Waals surface area contributed by atoms with E-state index in [1.54, 1.807) is 0 Å². The summed E-state index contributed by atoms with van der Waals surface area (Å²) in [5.74, 6) is 0.860. The van der Waals surface area contributed by atoms with Crippen LogP contribution in [0.4, 0.5) is 5.69 Å². The molecule has 106 valence electrons. The minimum absolute atomic E-state index is 0.288. The van der Waals surface area contributed by atoms with Crippen LogP contribution < -0.4 is 10.1 Å². The number of hydrogen-bond acceptors (Lipinski definition) is 3. The van der Waals surface area contributed by atoms with Gasteiger partial charge in [0, 0.05) is 11.1 Å². The molecule has 0 aromatic heterocycles. The first-order valence-corrected chi connectivity index (χ1v) is 7.30. The van der Waals surface area contributed by atoms with Crippen molar-refractivity contribution < 1.29 is 9.47 Å².